The Morgan fingerprint density at radius 1 is 0.830 bits per heavy atom. The minimum Gasteiger partial charge on any atom is -0.465 e. The van der Waals surface area contributed by atoms with E-state index in [1.165, 1.54) is 12.1 Å². The molecule has 16 heteroatoms. The molecule has 1 heterocycles. The lowest BCUT2D eigenvalue weighted by molar-refractivity contribution is -0.527. The predicted octanol–water partition coefficient (Wildman–Crippen LogP) is 5.55. The van der Waals surface area contributed by atoms with Gasteiger partial charge in [0, 0.05) is 29.9 Å². The highest BCUT2D eigenvalue weighted by molar-refractivity contribution is 6.12. The van der Waals surface area contributed by atoms with Crippen molar-refractivity contribution in [2.45, 2.75) is 70.3 Å². The number of nitrogens with one attached hydrogen (secondary N) is 1. The SMILES string of the molecule is CC(C)c1c(C(=O)Nc2ccccc2)c(-c2ccccc2)c(-c2ccc(F)cc2)n1CC[C@@H](O)C[C@@H](O)CC(=O)OCC[C@H](CON(O)O)ON(O)O. The van der Waals surface area contributed by atoms with Crippen LogP contribution in [0.1, 0.15) is 61.5 Å². The monoisotopic (exact) mass is 740 g/mol. The molecule has 0 aliphatic heterocycles. The fourth-order valence-electron chi connectivity index (χ4n) is 6.01. The fourth-order valence-corrected chi connectivity index (χ4v) is 6.01. The van der Waals surface area contributed by atoms with Gasteiger partial charge in [-0.15, -0.1) is 0 Å². The average Bonchev–Trinajstić information content (AvgIpc) is 3.46. The number of nitrogens with zero attached hydrogens (tertiary/aromatic N) is 3. The molecule has 4 aromatic rings. The molecule has 0 saturated heterocycles. The van der Waals surface area contributed by atoms with Crippen molar-refractivity contribution in [3.05, 3.63) is 102 Å². The molecule has 7 N–H and O–H groups in total. The first kappa shape index (κ1) is 41.2. The van der Waals surface area contributed by atoms with Crippen molar-refractivity contribution in [1.29, 1.82) is 0 Å². The summed E-state index contributed by atoms with van der Waals surface area (Å²) in [4.78, 5) is 35.6. The summed E-state index contributed by atoms with van der Waals surface area (Å²) in [6.45, 7) is 3.25. The standard InChI is InChI=1S/C37H45FN4O11/c1-24(2)35-34(37(46)39-28-11-7-4-8-12-28)33(25-9-5-3-6-10-25)36(26-13-15-27(38)16-14-26)40(35)19-17-29(43)21-30(44)22-32(45)51-20-18-31(53-42(49)50)23-52-41(47)48/h3-16,24,29-31,43-44,47-50H,17-23H2,1-2H3,(H,39,46)/t29-,30-,31-/m1/s1. The van der Waals surface area contributed by atoms with E-state index in [9.17, 15) is 24.2 Å². The molecular weight excluding hydrogens is 695 g/mol. The molecule has 3 aromatic carbocycles. The maximum Gasteiger partial charge on any atom is 0.308 e. The number of esters is 1. The molecular formula is C37H45FN4O11. The van der Waals surface area contributed by atoms with Crippen LogP contribution >= 0.6 is 0 Å². The Morgan fingerprint density at radius 2 is 1.47 bits per heavy atom. The highest BCUT2D eigenvalue weighted by Crippen LogP contribution is 2.42. The Kier molecular flexibility index (Phi) is 15.6. The van der Waals surface area contributed by atoms with E-state index in [2.05, 4.69) is 15.0 Å². The van der Waals surface area contributed by atoms with Crippen LogP contribution in [0, 0.1) is 5.82 Å². The molecule has 15 nitrogen and oxygen atoms in total. The number of aliphatic hydroxyl groups is 2. The van der Waals surface area contributed by atoms with Crippen molar-refractivity contribution in [3.8, 4) is 22.4 Å². The number of benzene rings is 3. The quantitative estimate of drug-likeness (QED) is 0.0439. The van der Waals surface area contributed by atoms with Gasteiger partial charge in [0.05, 0.1) is 47.3 Å². The lowest BCUT2D eigenvalue weighted by Gasteiger charge is -2.20. The number of carbonyl (C=O) groups excluding carboxylic acids is 2. The molecule has 286 valence electrons. The average molecular weight is 741 g/mol. The second kappa shape index (κ2) is 20.0. The molecule has 0 aliphatic carbocycles. The summed E-state index contributed by atoms with van der Waals surface area (Å²) in [5, 5.41) is 58.6. The van der Waals surface area contributed by atoms with Gasteiger partial charge in [0.15, 0.2) is 0 Å². The van der Waals surface area contributed by atoms with E-state index < -0.39 is 53.9 Å². The molecule has 0 aliphatic rings. The number of hydrogen-bond donors (Lipinski definition) is 7. The number of halogens is 1. The zero-order valence-corrected chi connectivity index (χ0v) is 29.3. The molecule has 4 rings (SSSR count). The second-order valence-corrected chi connectivity index (χ2v) is 12.6. The third kappa shape index (κ3) is 12.2. The van der Waals surface area contributed by atoms with Crippen LogP contribution in [0.15, 0.2) is 84.9 Å². The first-order chi connectivity index (χ1) is 25.3. The minimum atomic E-state index is -1.28. The maximum atomic E-state index is 14.2. The molecule has 53 heavy (non-hydrogen) atoms. The number of rotatable bonds is 20. The van der Waals surface area contributed by atoms with Crippen molar-refractivity contribution < 1.29 is 59.4 Å². The Morgan fingerprint density at radius 3 is 2.08 bits per heavy atom. The predicted molar refractivity (Wildman–Crippen MR) is 187 cm³/mol. The second-order valence-electron chi connectivity index (χ2n) is 12.6. The highest BCUT2D eigenvalue weighted by atomic mass is 19.1. The topological polar surface area (TPSA) is 207 Å². The molecule has 0 saturated carbocycles. The first-order valence-corrected chi connectivity index (χ1v) is 16.9. The number of amides is 1. The summed E-state index contributed by atoms with van der Waals surface area (Å²) < 4.78 is 21.2. The third-order valence-electron chi connectivity index (χ3n) is 8.24. The number of ether oxygens (including phenoxy) is 1. The van der Waals surface area contributed by atoms with Crippen molar-refractivity contribution in [1.82, 2.24) is 15.3 Å². The van der Waals surface area contributed by atoms with Crippen LogP contribution in [-0.4, -0.2) is 89.8 Å². The van der Waals surface area contributed by atoms with Gasteiger partial charge >= 0.3 is 5.97 Å². The summed E-state index contributed by atoms with van der Waals surface area (Å²) in [5.74, 6) is -1.75. The van der Waals surface area contributed by atoms with E-state index >= 15 is 0 Å². The van der Waals surface area contributed by atoms with Crippen molar-refractivity contribution in [3.63, 3.8) is 0 Å². The minimum absolute atomic E-state index is 0.118. The molecule has 1 amide bonds. The van der Waals surface area contributed by atoms with Gasteiger partial charge in [-0.1, -0.05) is 62.4 Å². The summed E-state index contributed by atoms with van der Waals surface area (Å²) in [5.41, 5.74) is 4.44. The summed E-state index contributed by atoms with van der Waals surface area (Å²) in [7, 11) is 0. The lowest BCUT2D eigenvalue weighted by atomic mass is 9.94. The smallest absolute Gasteiger partial charge is 0.308 e. The van der Waals surface area contributed by atoms with E-state index in [0.717, 1.165) is 5.56 Å². The van der Waals surface area contributed by atoms with Gasteiger partial charge in [-0.05, 0) is 66.3 Å². The van der Waals surface area contributed by atoms with Crippen molar-refractivity contribution >= 4 is 17.6 Å². The molecule has 3 atom stereocenters. The summed E-state index contributed by atoms with van der Waals surface area (Å²) in [6, 6.07) is 24.4. The van der Waals surface area contributed by atoms with Crippen LogP contribution in [0.2, 0.25) is 0 Å². The van der Waals surface area contributed by atoms with Crippen LogP contribution in [0.25, 0.3) is 22.4 Å². The van der Waals surface area contributed by atoms with Crippen LogP contribution in [0.5, 0.6) is 0 Å². The largest absolute Gasteiger partial charge is 0.465 e. The van der Waals surface area contributed by atoms with E-state index in [0.29, 0.717) is 33.8 Å². The first-order valence-electron chi connectivity index (χ1n) is 16.9. The molecule has 1 aromatic heterocycles. The van der Waals surface area contributed by atoms with Crippen molar-refractivity contribution in [2.75, 3.05) is 18.5 Å². The summed E-state index contributed by atoms with van der Waals surface area (Å²) >= 11 is 0. The number of aromatic nitrogens is 1. The molecule has 0 radical (unpaired) electrons. The van der Waals surface area contributed by atoms with Crippen LogP contribution < -0.4 is 5.32 Å². The fraction of sp³-hybridized carbons (Fsp3) is 0.351. The molecule has 0 spiro atoms. The number of hydrogen-bond acceptors (Lipinski definition) is 13. The van der Waals surface area contributed by atoms with Crippen LogP contribution in [-0.2, 0) is 25.8 Å². The van der Waals surface area contributed by atoms with E-state index in [1.807, 2.05) is 66.9 Å². The van der Waals surface area contributed by atoms with Crippen LogP contribution in [0.4, 0.5) is 10.1 Å². The Labute approximate surface area is 305 Å². The molecule has 0 fully saturated rings. The highest BCUT2D eigenvalue weighted by Gasteiger charge is 2.31. The Balaban J connectivity index is 1.55. The van der Waals surface area contributed by atoms with E-state index in [1.54, 1.807) is 24.3 Å². The van der Waals surface area contributed by atoms with E-state index in [-0.39, 0.29) is 44.2 Å². The number of carbonyl (C=O) groups is 2. The summed E-state index contributed by atoms with van der Waals surface area (Å²) in [6.07, 6.45) is -4.21. The zero-order chi connectivity index (χ0) is 38.5. The lowest BCUT2D eigenvalue weighted by Crippen LogP contribution is -2.32. The van der Waals surface area contributed by atoms with Gasteiger partial charge in [0.1, 0.15) is 18.5 Å². The van der Waals surface area contributed by atoms with Gasteiger partial charge in [0.25, 0.3) is 5.91 Å². The van der Waals surface area contributed by atoms with E-state index in [4.69, 9.17) is 25.6 Å². The van der Waals surface area contributed by atoms with Crippen LogP contribution in [0.3, 0.4) is 0 Å². The normalized spacial score (nSPS) is 13.4. The Bertz CT molecular complexity index is 1740. The van der Waals surface area contributed by atoms with Crippen molar-refractivity contribution in [2.24, 2.45) is 0 Å². The number of anilines is 1. The van der Waals surface area contributed by atoms with Gasteiger partial charge in [-0.25, -0.2) is 14.1 Å². The van der Waals surface area contributed by atoms with Gasteiger partial charge in [0.2, 0.25) is 0 Å². The Hall–Kier alpha value is -4.59. The third-order valence-corrected chi connectivity index (χ3v) is 8.24. The zero-order valence-electron chi connectivity index (χ0n) is 29.3. The number of aliphatic hydroxyl groups excluding tert-OH is 2. The van der Waals surface area contributed by atoms with Gasteiger partial charge < -0.3 is 24.8 Å². The number of para-hydroxylation sites is 1. The molecule has 0 bridgehead atoms. The van der Waals surface area contributed by atoms with Gasteiger partial charge in [-0.3, -0.25) is 30.4 Å². The van der Waals surface area contributed by atoms with Gasteiger partial charge in [-0.2, -0.15) is 0 Å². The molecule has 0 unspecified atom stereocenters. The maximum absolute atomic E-state index is 14.2.